The molecule has 0 heterocycles. The molecule has 0 aromatic heterocycles. The maximum absolute atomic E-state index is 11.4. The Balaban J connectivity index is 4.48. The normalized spacial score (nSPS) is 13.8. The van der Waals surface area contributed by atoms with Gasteiger partial charge in [0.15, 0.2) is 0 Å². The van der Waals surface area contributed by atoms with Crippen molar-refractivity contribution in [1.29, 1.82) is 0 Å². The summed E-state index contributed by atoms with van der Waals surface area (Å²) in [7, 11) is -9.77. The van der Waals surface area contributed by atoms with Gasteiger partial charge in [0.25, 0.3) is 0 Å². The van der Waals surface area contributed by atoms with Crippen LogP contribution in [0.15, 0.2) is 24.3 Å². The molecule has 32 heavy (non-hydrogen) atoms. The Morgan fingerprint density at radius 2 is 1.03 bits per heavy atom. The van der Waals surface area contributed by atoms with Crippen LogP contribution in [0, 0.1) is 0 Å². The van der Waals surface area contributed by atoms with Gasteiger partial charge in [0.1, 0.15) is 25.4 Å². The molecule has 0 saturated carbocycles. The SMILES string of the molecule is C=C(C)C(=O)OCC(COCCOCC(COC(=O)C(=C)C)OP(=O)(O)O)OP(=O)(O)O. The maximum Gasteiger partial charge on any atom is 0.470 e. The zero-order valence-corrected chi connectivity index (χ0v) is 19.4. The smallest absolute Gasteiger partial charge is 0.459 e. The third-order valence-corrected chi connectivity index (χ3v) is 4.20. The first-order valence-electron chi connectivity index (χ1n) is 8.89. The van der Waals surface area contributed by atoms with Crippen LogP contribution in [0.4, 0.5) is 0 Å². The fourth-order valence-corrected chi connectivity index (χ4v) is 2.76. The Morgan fingerprint density at radius 1 is 0.719 bits per heavy atom. The molecule has 0 aliphatic rings. The van der Waals surface area contributed by atoms with Gasteiger partial charge in [-0.3, -0.25) is 9.05 Å². The first kappa shape index (κ1) is 30.6. The van der Waals surface area contributed by atoms with Gasteiger partial charge in [0.2, 0.25) is 0 Å². The van der Waals surface area contributed by atoms with Crippen LogP contribution in [0.5, 0.6) is 0 Å². The number of carbonyl (C=O) groups excluding carboxylic acids is 2. The van der Waals surface area contributed by atoms with Crippen molar-refractivity contribution in [3.8, 4) is 0 Å². The molecule has 16 heteroatoms. The van der Waals surface area contributed by atoms with E-state index in [-0.39, 0.29) is 37.6 Å². The van der Waals surface area contributed by atoms with Crippen molar-refractivity contribution in [1.82, 2.24) is 0 Å². The van der Waals surface area contributed by atoms with Crippen molar-refractivity contribution < 1.29 is 66.3 Å². The first-order chi connectivity index (χ1) is 14.6. The third-order valence-electron chi connectivity index (χ3n) is 3.05. The lowest BCUT2D eigenvalue weighted by molar-refractivity contribution is -0.144. The minimum absolute atomic E-state index is 0.0789. The van der Waals surface area contributed by atoms with E-state index < -0.39 is 53.0 Å². The number of hydrogen-bond acceptors (Lipinski definition) is 10. The Morgan fingerprint density at radius 3 is 1.28 bits per heavy atom. The largest absolute Gasteiger partial charge is 0.470 e. The van der Waals surface area contributed by atoms with Gasteiger partial charge in [-0.1, -0.05) is 13.2 Å². The lowest BCUT2D eigenvalue weighted by Crippen LogP contribution is -2.29. The van der Waals surface area contributed by atoms with Gasteiger partial charge >= 0.3 is 27.6 Å². The molecule has 2 unspecified atom stereocenters. The minimum Gasteiger partial charge on any atom is -0.459 e. The van der Waals surface area contributed by atoms with E-state index in [9.17, 15) is 18.7 Å². The van der Waals surface area contributed by atoms with Crippen LogP contribution in [0.1, 0.15) is 13.8 Å². The predicted octanol–water partition coefficient (Wildman–Crippen LogP) is 0.214. The Labute approximate surface area is 184 Å². The molecule has 14 nitrogen and oxygen atoms in total. The molecular formula is C16H28O14P2. The Bertz CT molecular complexity index is 677. The number of rotatable bonds is 17. The molecule has 0 bridgehead atoms. The second kappa shape index (κ2) is 14.7. The molecule has 0 fully saturated rings. The summed E-state index contributed by atoms with van der Waals surface area (Å²) in [6.07, 6.45) is -2.57. The van der Waals surface area contributed by atoms with E-state index in [4.69, 9.17) is 38.5 Å². The van der Waals surface area contributed by atoms with E-state index >= 15 is 0 Å². The summed E-state index contributed by atoms with van der Waals surface area (Å²) in [6.45, 7) is 7.45. The van der Waals surface area contributed by atoms with E-state index in [1.807, 2.05) is 0 Å². The van der Waals surface area contributed by atoms with Gasteiger partial charge in [-0.2, -0.15) is 0 Å². The van der Waals surface area contributed by atoms with Gasteiger partial charge in [-0.05, 0) is 13.8 Å². The Kier molecular flexibility index (Phi) is 14.0. The monoisotopic (exact) mass is 506 g/mol. The summed E-state index contributed by atoms with van der Waals surface area (Å²) in [5.74, 6) is -1.56. The van der Waals surface area contributed by atoms with Crippen LogP contribution in [0.25, 0.3) is 0 Å². The molecule has 4 N–H and O–H groups in total. The highest BCUT2D eigenvalue weighted by Gasteiger charge is 2.25. The van der Waals surface area contributed by atoms with Crippen LogP contribution in [-0.2, 0) is 46.7 Å². The molecule has 0 aliphatic carbocycles. The van der Waals surface area contributed by atoms with Crippen molar-refractivity contribution in [2.24, 2.45) is 0 Å². The zero-order chi connectivity index (χ0) is 24.9. The molecule has 186 valence electrons. The molecule has 0 aliphatic heterocycles. The lowest BCUT2D eigenvalue weighted by atomic mass is 10.3. The highest BCUT2D eigenvalue weighted by molar-refractivity contribution is 7.46. The van der Waals surface area contributed by atoms with Gasteiger partial charge in [0.05, 0.1) is 26.4 Å². The number of phosphoric ester groups is 2. The van der Waals surface area contributed by atoms with E-state index in [1.165, 1.54) is 13.8 Å². The van der Waals surface area contributed by atoms with Crippen LogP contribution >= 0.6 is 15.6 Å². The average molecular weight is 506 g/mol. The summed E-state index contributed by atoms with van der Waals surface area (Å²) in [6, 6.07) is 0. The van der Waals surface area contributed by atoms with Crippen molar-refractivity contribution in [2.45, 2.75) is 26.1 Å². The number of esters is 2. The fourth-order valence-electron chi connectivity index (χ4n) is 1.74. The van der Waals surface area contributed by atoms with Crippen molar-refractivity contribution in [3.63, 3.8) is 0 Å². The molecular weight excluding hydrogens is 478 g/mol. The minimum atomic E-state index is -4.89. The second-order valence-electron chi connectivity index (χ2n) is 6.34. The summed E-state index contributed by atoms with van der Waals surface area (Å²) in [4.78, 5) is 58.4. The van der Waals surface area contributed by atoms with Crippen molar-refractivity contribution >= 4 is 27.6 Å². The molecule has 0 spiro atoms. The van der Waals surface area contributed by atoms with Gasteiger partial charge in [0, 0.05) is 11.1 Å². The molecule has 0 aromatic rings. The predicted molar refractivity (Wildman–Crippen MR) is 107 cm³/mol. The van der Waals surface area contributed by atoms with Crippen molar-refractivity contribution in [3.05, 3.63) is 24.3 Å². The number of hydrogen-bond donors (Lipinski definition) is 4. The van der Waals surface area contributed by atoms with E-state index in [1.54, 1.807) is 0 Å². The molecule has 0 saturated heterocycles. The van der Waals surface area contributed by atoms with Gasteiger partial charge in [-0.25, -0.2) is 18.7 Å². The van der Waals surface area contributed by atoms with Gasteiger partial charge in [-0.15, -0.1) is 0 Å². The first-order valence-corrected chi connectivity index (χ1v) is 12.0. The summed E-state index contributed by atoms with van der Waals surface area (Å²) >= 11 is 0. The summed E-state index contributed by atoms with van der Waals surface area (Å²) in [5, 5.41) is 0. The third kappa shape index (κ3) is 17.2. The zero-order valence-electron chi connectivity index (χ0n) is 17.6. The van der Waals surface area contributed by atoms with Gasteiger partial charge < -0.3 is 38.5 Å². The molecule has 0 rings (SSSR count). The topological polar surface area (TPSA) is 205 Å². The number of ether oxygens (including phenoxy) is 4. The highest BCUT2D eigenvalue weighted by atomic mass is 31.2. The number of phosphoric acid groups is 2. The average Bonchev–Trinajstić information content (AvgIpc) is 2.63. The molecule has 2 atom stereocenters. The van der Waals surface area contributed by atoms with E-state index in [0.29, 0.717) is 0 Å². The highest BCUT2D eigenvalue weighted by Crippen LogP contribution is 2.38. The standard InChI is InChI=1S/C16H28O14P2/c1-11(2)15(17)27-9-13(29-31(19,20)21)7-25-5-6-26-8-14(30-32(22,23)24)10-28-16(18)12(3)4/h13-14H,1,3,5-10H2,2,4H3,(H2,19,20,21)(H2,22,23,24). The molecule has 0 radical (unpaired) electrons. The fraction of sp³-hybridized carbons (Fsp3) is 0.625. The van der Waals surface area contributed by atoms with Crippen LogP contribution in [0.2, 0.25) is 0 Å². The van der Waals surface area contributed by atoms with Crippen molar-refractivity contribution in [2.75, 3.05) is 39.6 Å². The second-order valence-corrected chi connectivity index (χ2v) is 8.73. The van der Waals surface area contributed by atoms with Crippen LogP contribution in [-0.4, -0.2) is 83.4 Å². The molecule has 0 aromatic carbocycles. The Hall–Kier alpha value is -1.44. The molecule has 0 amide bonds. The van der Waals surface area contributed by atoms with Crippen LogP contribution in [0.3, 0.4) is 0 Å². The maximum atomic E-state index is 11.4. The summed E-state index contributed by atoms with van der Waals surface area (Å²) in [5.41, 5.74) is 0.158. The quantitative estimate of drug-likeness (QED) is 0.0901. The van der Waals surface area contributed by atoms with E-state index in [0.717, 1.165) is 0 Å². The lowest BCUT2D eigenvalue weighted by Gasteiger charge is -2.19. The van der Waals surface area contributed by atoms with Crippen LogP contribution < -0.4 is 0 Å². The summed E-state index contributed by atoms with van der Waals surface area (Å²) < 4.78 is 50.8. The van der Waals surface area contributed by atoms with E-state index in [2.05, 4.69) is 22.2 Å². The number of carbonyl (C=O) groups is 2.